The molecule has 1 saturated heterocycles. The van der Waals surface area contributed by atoms with Crippen LogP contribution >= 0.6 is 0 Å². The van der Waals surface area contributed by atoms with E-state index in [9.17, 15) is 4.79 Å². The number of para-hydroxylation sites is 1. The Kier molecular flexibility index (Phi) is 3.13. The van der Waals surface area contributed by atoms with Crippen molar-refractivity contribution in [3.05, 3.63) is 30.5 Å². The molecule has 3 rings (SSSR count). The monoisotopic (exact) mass is 259 g/mol. The first kappa shape index (κ1) is 12.0. The van der Waals surface area contributed by atoms with E-state index in [4.69, 9.17) is 4.42 Å². The Bertz CT molecular complexity index is 587. The first-order valence-corrected chi connectivity index (χ1v) is 6.47. The van der Waals surface area contributed by atoms with Crippen LogP contribution in [0.1, 0.15) is 0 Å². The second kappa shape index (κ2) is 4.93. The highest BCUT2D eigenvalue weighted by Gasteiger charge is 2.22. The van der Waals surface area contributed by atoms with E-state index in [1.54, 1.807) is 18.2 Å². The summed E-state index contributed by atoms with van der Waals surface area (Å²) in [6.45, 7) is 3.20. The minimum Gasteiger partial charge on any atom is -0.462 e. The van der Waals surface area contributed by atoms with E-state index >= 15 is 0 Å². The zero-order valence-electron chi connectivity index (χ0n) is 10.9. The number of hydrogen-bond acceptors (Lipinski definition) is 3. The summed E-state index contributed by atoms with van der Waals surface area (Å²) in [4.78, 5) is 15.9. The zero-order valence-corrected chi connectivity index (χ0v) is 10.9. The van der Waals surface area contributed by atoms with Gasteiger partial charge in [-0.05, 0) is 12.1 Å². The Morgan fingerprint density at radius 2 is 2.05 bits per heavy atom. The summed E-state index contributed by atoms with van der Waals surface area (Å²) < 4.78 is 5.48. The second-order valence-electron chi connectivity index (χ2n) is 4.70. The second-order valence-corrected chi connectivity index (χ2v) is 4.70. The molecule has 2 aromatic rings. The lowest BCUT2D eigenvalue weighted by Gasteiger charge is -2.31. The van der Waals surface area contributed by atoms with Crippen molar-refractivity contribution in [3.63, 3.8) is 0 Å². The van der Waals surface area contributed by atoms with Crippen LogP contribution in [0.2, 0.25) is 0 Å². The molecule has 0 saturated carbocycles. The number of fused-ring (bicyclic) bond motifs is 1. The van der Waals surface area contributed by atoms with Crippen molar-refractivity contribution in [2.24, 2.45) is 0 Å². The van der Waals surface area contributed by atoms with Crippen LogP contribution in [-0.2, 0) is 0 Å². The van der Waals surface area contributed by atoms with Crippen LogP contribution < -0.4 is 10.2 Å². The third-order valence-electron chi connectivity index (χ3n) is 3.50. The summed E-state index contributed by atoms with van der Waals surface area (Å²) in [7, 11) is 1.79. The number of nitrogens with zero attached hydrogens (tertiary/aromatic N) is 2. The van der Waals surface area contributed by atoms with Crippen LogP contribution in [0.25, 0.3) is 11.0 Å². The number of carbonyl (C=O) groups is 1. The number of urea groups is 1. The summed E-state index contributed by atoms with van der Waals surface area (Å²) in [5.41, 5.74) is 1.62. The van der Waals surface area contributed by atoms with Crippen molar-refractivity contribution in [2.75, 3.05) is 38.1 Å². The molecule has 0 atom stereocenters. The largest absolute Gasteiger partial charge is 0.462 e. The first-order valence-electron chi connectivity index (χ1n) is 6.47. The molecule has 100 valence electrons. The van der Waals surface area contributed by atoms with Crippen molar-refractivity contribution < 1.29 is 9.21 Å². The molecule has 0 aliphatic carbocycles. The third-order valence-corrected chi connectivity index (χ3v) is 3.50. The molecule has 1 aromatic carbocycles. The van der Waals surface area contributed by atoms with Gasteiger partial charge in [0, 0.05) is 38.6 Å². The fraction of sp³-hybridized carbons (Fsp3) is 0.357. The Hall–Kier alpha value is -2.01. The number of benzene rings is 1. The van der Waals surface area contributed by atoms with E-state index in [-0.39, 0.29) is 6.03 Å². The Balaban J connectivity index is 1.86. The van der Waals surface area contributed by atoms with Crippen molar-refractivity contribution in [1.82, 2.24) is 10.2 Å². The molecule has 1 N–H and O–H groups in total. The molecule has 1 aliphatic rings. The summed E-state index contributed by atoms with van der Waals surface area (Å²) in [6, 6.07) is 7.77. The van der Waals surface area contributed by atoms with Crippen LogP contribution in [0, 0.1) is 0 Å². The highest BCUT2D eigenvalue weighted by atomic mass is 16.3. The first-order chi connectivity index (χ1) is 9.27. The van der Waals surface area contributed by atoms with E-state index in [1.165, 1.54) is 0 Å². The fourth-order valence-electron chi connectivity index (χ4n) is 2.39. The van der Waals surface area contributed by atoms with Gasteiger partial charge in [0.05, 0.1) is 5.69 Å². The van der Waals surface area contributed by atoms with Crippen LogP contribution in [0.3, 0.4) is 0 Å². The molecular weight excluding hydrogens is 242 g/mol. The Labute approximate surface area is 111 Å². The lowest BCUT2D eigenvalue weighted by atomic mass is 10.2. The van der Waals surface area contributed by atoms with Gasteiger partial charge in [0.25, 0.3) is 0 Å². The topological polar surface area (TPSA) is 48.7 Å². The average molecular weight is 259 g/mol. The number of nitrogens with one attached hydrogen (secondary N) is 1. The Morgan fingerprint density at radius 3 is 2.84 bits per heavy atom. The van der Waals surface area contributed by atoms with Gasteiger partial charge in [-0.1, -0.05) is 12.1 Å². The molecule has 1 aromatic heterocycles. The highest BCUT2D eigenvalue weighted by Crippen LogP contribution is 2.28. The lowest BCUT2D eigenvalue weighted by molar-refractivity contribution is 0.198. The van der Waals surface area contributed by atoms with Gasteiger partial charge in [-0.15, -0.1) is 0 Å². The van der Waals surface area contributed by atoms with E-state index < -0.39 is 0 Å². The zero-order chi connectivity index (χ0) is 13.2. The van der Waals surface area contributed by atoms with Crippen molar-refractivity contribution in [2.45, 2.75) is 0 Å². The number of amides is 2. The minimum atomic E-state index is 0.0213. The van der Waals surface area contributed by atoms with E-state index in [0.717, 1.165) is 42.8 Å². The number of hydrogen-bond donors (Lipinski definition) is 1. The number of furan rings is 1. The van der Waals surface area contributed by atoms with E-state index in [2.05, 4.69) is 5.32 Å². The predicted molar refractivity (Wildman–Crippen MR) is 74.5 cm³/mol. The predicted octanol–water partition coefficient (Wildman–Crippen LogP) is 1.89. The standard InChI is InChI=1S/C14H17N3O2/c1-16(14(18)17-8-6-15-7-9-17)12-10-19-13-5-3-2-4-11(12)13/h2-5,10,15H,6-9H2,1H3. The normalized spacial score (nSPS) is 15.7. The molecule has 1 aliphatic heterocycles. The van der Waals surface area contributed by atoms with Crippen LogP contribution in [0.5, 0.6) is 0 Å². The molecule has 1 fully saturated rings. The van der Waals surface area contributed by atoms with Crippen molar-refractivity contribution >= 4 is 22.7 Å². The van der Waals surface area contributed by atoms with Gasteiger partial charge in [0.2, 0.25) is 0 Å². The molecule has 5 heteroatoms. The summed E-state index contributed by atoms with van der Waals surface area (Å²) in [6.07, 6.45) is 1.64. The van der Waals surface area contributed by atoms with Crippen LogP contribution in [0.4, 0.5) is 10.5 Å². The van der Waals surface area contributed by atoms with Gasteiger partial charge < -0.3 is 14.6 Å². The molecule has 19 heavy (non-hydrogen) atoms. The van der Waals surface area contributed by atoms with Gasteiger partial charge in [-0.3, -0.25) is 4.90 Å². The fourth-order valence-corrected chi connectivity index (χ4v) is 2.39. The molecule has 0 radical (unpaired) electrons. The molecule has 0 bridgehead atoms. The van der Waals surface area contributed by atoms with E-state index in [0.29, 0.717) is 0 Å². The molecular formula is C14H17N3O2. The third kappa shape index (κ3) is 2.17. The maximum Gasteiger partial charge on any atom is 0.324 e. The molecule has 0 spiro atoms. The lowest BCUT2D eigenvalue weighted by Crippen LogP contribution is -2.50. The highest BCUT2D eigenvalue weighted by molar-refractivity contribution is 6.01. The molecule has 2 amide bonds. The van der Waals surface area contributed by atoms with Crippen LogP contribution in [-0.4, -0.2) is 44.2 Å². The van der Waals surface area contributed by atoms with Crippen molar-refractivity contribution in [3.8, 4) is 0 Å². The number of carbonyl (C=O) groups excluding carboxylic acids is 1. The van der Waals surface area contributed by atoms with Gasteiger partial charge in [0.1, 0.15) is 11.8 Å². The maximum absolute atomic E-state index is 12.4. The average Bonchev–Trinajstić information content (AvgIpc) is 2.90. The van der Waals surface area contributed by atoms with Gasteiger partial charge in [-0.25, -0.2) is 4.79 Å². The Morgan fingerprint density at radius 1 is 1.32 bits per heavy atom. The molecule has 0 unspecified atom stereocenters. The smallest absolute Gasteiger partial charge is 0.324 e. The number of anilines is 1. The SMILES string of the molecule is CN(C(=O)N1CCNCC1)c1coc2ccccc12. The number of rotatable bonds is 1. The molecule has 2 heterocycles. The van der Waals surface area contributed by atoms with Gasteiger partial charge in [0.15, 0.2) is 0 Å². The van der Waals surface area contributed by atoms with Gasteiger partial charge in [-0.2, -0.15) is 0 Å². The summed E-state index contributed by atoms with van der Waals surface area (Å²) in [5, 5.41) is 4.21. The maximum atomic E-state index is 12.4. The van der Waals surface area contributed by atoms with Crippen LogP contribution in [0.15, 0.2) is 34.9 Å². The van der Waals surface area contributed by atoms with Crippen molar-refractivity contribution in [1.29, 1.82) is 0 Å². The minimum absolute atomic E-state index is 0.0213. The van der Waals surface area contributed by atoms with E-state index in [1.807, 2.05) is 29.2 Å². The summed E-state index contributed by atoms with van der Waals surface area (Å²) >= 11 is 0. The number of piperazine rings is 1. The van der Waals surface area contributed by atoms with Gasteiger partial charge >= 0.3 is 6.03 Å². The molecule has 5 nitrogen and oxygen atoms in total. The quantitative estimate of drug-likeness (QED) is 0.851. The summed E-state index contributed by atoms with van der Waals surface area (Å²) in [5.74, 6) is 0.